The molecule has 192 valence electrons. The Morgan fingerprint density at radius 3 is 2.69 bits per heavy atom. The second kappa shape index (κ2) is 11.3. The first-order chi connectivity index (χ1) is 17.5. The molecule has 0 amide bonds. The summed E-state index contributed by atoms with van der Waals surface area (Å²) in [6.45, 7) is 6.71. The molecule has 4 heterocycles. The third-order valence-corrected chi connectivity index (χ3v) is 8.50. The number of anilines is 2. The van der Waals surface area contributed by atoms with Crippen molar-refractivity contribution < 1.29 is 4.74 Å². The van der Waals surface area contributed by atoms with Gasteiger partial charge in [0.1, 0.15) is 11.6 Å². The molecule has 1 saturated carbocycles. The van der Waals surface area contributed by atoms with Crippen LogP contribution in [-0.4, -0.2) is 59.8 Å². The molecule has 2 N–H and O–H groups in total. The summed E-state index contributed by atoms with van der Waals surface area (Å²) in [6, 6.07) is 11.6. The third-order valence-electron chi connectivity index (χ3n) is 8.20. The number of halogens is 1. The van der Waals surface area contributed by atoms with Crippen LogP contribution in [0.1, 0.15) is 51.9 Å². The van der Waals surface area contributed by atoms with Crippen molar-refractivity contribution in [3.8, 4) is 17.3 Å². The number of hydrogen-bond acceptors (Lipinski definition) is 7. The summed E-state index contributed by atoms with van der Waals surface area (Å²) in [7, 11) is 0. The van der Waals surface area contributed by atoms with Gasteiger partial charge in [-0.15, -0.1) is 0 Å². The van der Waals surface area contributed by atoms with Crippen molar-refractivity contribution in [2.45, 2.75) is 64.0 Å². The van der Waals surface area contributed by atoms with Crippen molar-refractivity contribution in [2.75, 3.05) is 43.5 Å². The van der Waals surface area contributed by atoms with Gasteiger partial charge in [0.25, 0.3) is 0 Å². The molecule has 8 heteroatoms. The second-order valence-electron chi connectivity index (χ2n) is 10.9. The molecule has 0 aromatic carbocycles. The highest BCUT2D eigenvalue weighted by Crippen LogP contribution is 2.33. The van der Waals surface area contributed by atoms with E-state index in [9.17, 15) is 5.26 Å². The molecule has 1 aliphatic carbocycles. The molecule has 2 aliphatic heterocycles. The van der Waals surface area contributed by atoms with E-state index in [0.717, 1.165) is 47.7 Å². The molecule has 3 fully saturated rings. The molecule has 0 radical (unpaired) electrons. The minimum Gasteiger partial charge on any atom is -0.381 e. The summed E-state index contributed by atoms with van der Waals surface area (Å²) in [5.74, 6) is 2.43. The van der Waals surface area contributed by atoms with E-state index in [1.165, 1.54) is 45.2 Å². The zero-order valence-electron chi connectivity index (χ0n) is 21.2. The number of aromatic nitrogens is 2. The minimum absolute atomic E-state index is 0.409. The van der Waals surface area contributed by atoms with E-state index in [4.69, 9.17) is 21.3 Å². The molecule has 36 heavy (non-hydrogen) atoms. The molecule has 5 rings (SSSR count). The van der Waals surface area contributed by atoms with Crippen molar-refractivity contribution >= 4 is 23.2 Å². The van der Waals surface area contributed by atoms with Crippen LogP contribution >= 0.6 is 11.6 Å². The van der Waals surface area contributed by atoms with Crippen molar-refractivity contribution in [2.24, 2.45) is 11.3 Å². The van der Waals surface area contributed by atoms with Gasteiger partial charge >= 0.3 is 0 Å². The first kappa shape index (κ1) is 25.3. The smallest absolute Gasteiger partial charge is 0.126 e. The summed E-state index contributed by atoms with van der Waals surface area (Å²) >= 11 is 6.56. The van der Waals surface area contributed by atoms with Crippen molar-refractivity contribution in [3.63, 3.8) is 0 Å². The van der Waals surface area contributed by atoms with Crippen LogP contribution in [0.25, 0.3) is 11.3 Å². The van der Waals surface area contributed by atoms with Crippen LogP contribution in [-0.2, 0) is 4.74 Å². The lowest BCUT2D eigenvalue weighted by atomic mass is 9.82. The van der Waals surface area contributed by atoms with Gasteiger partial charge in [-0.25, -0.2) is 9.97 Å². The first-order valence-corrected chi connectivity index (χ1v) is 13.8. The summed E-state index contributed by atoms with van der Waals surface area (Å²) in [5, 5.41) is 17.3. The van der Waals surface area contributed by atoms with Crippen LogP contribution < -0.4 is 10.6 Å². The zero-order valence-corrected chi connectivity index (χ0v) is 21.9. The van der Waals surface area contributed by atoms with Gasteiger partial charge < -0.3 is 20.3 Å². The predicted molar refractivity (Wildman–Crippen MR) is 144 cm³/mol. The number of rotatable bonds is 7. The highest BCUT2D eigenvalue weighted by Gasteiger charge is 2.33. The monoisotopic (exact) mass is 508 g/mol. The minimum atomic E-state index is -0.409. The van der Waals surface area contributed by atoms with Crippen LogP contribution in [0, 0.1) is 22.7 Å². The topological polar surface area (TPSA) is 86.1 Å². The van der Waals surface area contributed by atoms with Gasteiger partial charge in [-0.2, -0.15) is 5.26 Å². The van der Waals surface area contributed by atoms with Gasteiger partial charge in [0.05, 0.1) is 22.2 Å². The van der Waals surface area contributed by atoms with E-state index in [0.29, 0.717) is 30.8 Å². The number of pyridine rings is 2. The van der Waals surface area contributed by atoms with Gasteiger partial charge in [0.2, 0.25) is 0 Å². The van der Waals surface area contributed by atoms with Crippen molar-refractivity contribution in [3.05, 3.63) is 35.5 Å². The molecule has 2 aromatic rings. The lowest BCUT2D eigenvalue weighted by molar-refractivity contribution is 0.0455. The maximum Gasteiger partial charge on any atom is 0.126 e. The Labute approximate surface area is 219 Å². The third kappa shape index (κ3) is 5.94. The van der Waals surface area contributed by atoms with Crippen molar-refractivity contribution in [1.82, 2.24) is 14.9 Å². The van der Waals surface area contributed by atoms with Gasteiger partial charge in [0, 0.05) is 50.1 Å². The Morgan fingerprint density at radius 2 is 1.97 bits per heavy atom. The van der Waals surface area contributed by atoms with Crippen LogP contribution in [0.3, 0.4) is 0 Å². The SMILES string of the molecule is CC1CCN(C2CCC(Nc3cc(-c4cccc(NCC5(C#N)CCOCC5)n4)c(Cl)cn3)CC2)C1. The standard InChI is InChI=1S/C28H37ClN6O/c1-20-9-12-35(17-20)22-7-5-21(6-8-22)33-27-15-23(24(29)16-31-27)25-3-2-4-26(34-25)32-19-28(18-30)10-13-36-14-11-28/h2-4,15-16,20-22H,5-14,17,19H2,1H3,(H,31,33)(H,32,34). The number of nitrogens with zero attached hydrogens (tertiary/aromatic N) is 4. The Kier molecular flexibility index (Phi) is 7.95. The quantitative estimate of drug-likeness (QED) is 0.503. The van der Waals surface area contributed by atoms with E-state index in [1.807, 2.05) is 24.3 Å². The molecular weight excluding hydrogens is 472 g/mol. The summed E-state index contributed by atoms with van der Waals surface area (Å²) in [6.07, 6.45) is 9.35. The molecule has 1 atom stereocenters. The Bertz CT molecular complexity index is 1070. The van der Waals surface area contributed by atoms with Crippen LogP contribution in [0.2, 0.25) is 5.02 Å². The number of nitrogens with one attached hydrogen (secondary N) is 2. The summed E-state index contributed by atoms with van der Waals surface area (Å²) in [5.41, 5.74) is 1.24. The van der Waals surface area contributed by atoms with E-state index in [-0.39, 0.29) is 0 Å². The fourth-order valence-corrected chi connectivity index (χ4v) is 6.04. The van der Waals surface area contributed by atoms with E-state index >= 15 is 0 Å². The van der Waals surface area contributed by atoms with Crippen LogP contribution in [0.5, 0.6) is 0 Å². The molecule has 0 spiro atoms. The van der Waals surface area contributed by atoms with Crippen LogP contribution in [0.15, 0.2) is 30.5 Å². The number of hydrogen-bond donors (Lipinski definition) is 2. The maximum atomic E-state index is 9.73. The molecule has 2 aromatic heterocycles. The van der Waals surface area contributed by atoms with E-state index in [2.05, 4.69) is 33.5 Å². The fourth-order valence-electron chi connectivity index (χ4n) is 5.84. The Hall–Kier alpha value is -2.40. The Balaban J connectivity index is 1.22. The average molecular weight is 509 g/mol. The highest BCUT2D eigenvalue weighted by atomic mass is 35.5. The van der Waals surface area contributed by atoms with Gasteiger partial charge in [-0.3, -0.25) is 0 Å². The lowest BCUT2D eigenvalue weighted by Gasteiger charge is -2.35. The summed E-state index contributed by atoms with van der Waals surface area (Å²) < 4.78 is 5.44. The number of likely N-dealkylation sites (tertiary alicyclic amines) is 1. The van der Waals surface area contributed by atoms with Gasteiger partial charge in [-0.1, -0.05) is 24.6 Å². The molecule has 7 nitrogen and oxygen atoms in total. The van der Waals surface area contributed by atoms with E-state index in [1.54, 1.807) is 6.20 Å². The lowest BCUT2D eigenvalue weighted by Crippen LogP contribution is -2.39. The average Bonchev–Trinajstić information content (AvgIpc) is 3.36. The fraction of sp³-hybridized carbons (Fsp3) is 0.607. The van der Waals surface area contributed by atoms with Crippen molar-refractivity contribution in [1.29, 1.82) is 5.26 Å². The Morgan fingerprint density at radius 1 is 1.17 bits per heavy atom. The second-order valence-corrected chi connectivity index (χ2v) is 11.3. The molecule has 2 saturated heterocycles. The maximum absolute atomic E-state index is 9.73. The van der Waals surface area contributed by atoms with Crippen LogP contribution in [0.4, 0.5) is 11.6 Å². The molecule has 0 bridgehead atoms. The summed E-state index contributed by atoms with van der Waals surface area (Å²) in [4.78, 5) is 12.1. The number of nitriles is 1. The van der Waals surface area contributed by atoms with Gasteiger partial charge in [0.15, 0.2) is 0 Å². The van der Waals surface area contributed by atoms with Gasteiger partial charge in [-0.05, 0) is 75.6 Å². The normalized spacial score (nSPS) is 26.3. The zero-order chi connectivity index (χ0) is 25.0. The first-order valence-electron chi connectivity index (χ1n) is 13.4. The molecule has 3 aliphatic rings. The largest absolute Gasteiger partial charge is 0.381 e. The highest BCUT2D eigenvalue weighted by molar-refractivity contribution is 6.33. The molecular formula is C28H37ClN6O. The number of ether oxygens (including phenoxy) is 1. The predicted octanol–water partition coefficient (Wildman–Crippen LogP) is 5.59. The molecule has 1 unspecified atom stereocenters. The van der Waals surface area contributed by atoms with E-state index < -0.39 is 5.41 Å².